The van der Waals surface area contributed by atoms with E-state index in [-0.39, 0.29) is 5.60 Å². The van der Waals surface area contributed by atoms with Crippen molar-refractivity contribution in [2.24, 2.45) is 17.8 Å². The van der Waals surface area contributed by atoms with Gasteiger partial charge < -0.3 is 4.74 Å². The van der Waals surface area contributed by atoms with Gasteiger partial charge in [0.05, 0.1) is 0 Å². The van der Waals surface area contributed by atoms with E-state index in [1.807, 2.05) is 0 Å². The maximum Gasteiger partial charge on any atom is 0.126 e. The Morgan fingerprint density at radius 2 is 1.42 bits per heavy atom. The van der Waals surface area contributed by atoms with E-state index in [1.165, 1.54) is 80.2 Å². The minimum absolute atomic E-state index is 0.0156. The molecule has 0 radical (unpaired) electrons. The van der Waals surface area contributed by atoms with Crippen LogP contribution >= 0.6 is 0 Å². The summed E-state index contributed by atoms with van der Waals surface area (Å²) in [6.07, 6.45) is 14.6. The fraction of sp³-hybridized carbons (Fsp3) is 0.800. The predicted molar refractivity (Wildman–Crippen MR) is 137 cm³/mol. The molecule has 2 rings (SSSR count). The summed E-state index contributed by atoms with van der Waals surface area (Å²) in [6, 6.07) is 4.72. The topological polar surface area (TPSA) is 9.23 Å². The van der Waals surface area contributed by atoms with Gasteiger partial charge in [0.1, 0.15) is 11.4 Å². The molecule has 178 valence electrons. The van der Waals surface area contributed by atoms with Crippen molar-refractivity contribution in [3.63, 3.8) is 0 Å². The molecule has 1 aliphatic rings. The number of benzene rings is 1. The van der Waals surface area contributed by atoms with E-state index >= 15 is 0 Å². The molecular formula is C30H52O. The minimum Gasteiger partial charge on any atom is -0.487 e. The summed E-state index contributed by atoms with van der Waals surface area (Å²) in [4.78, 5) is 0. The lowest BCUT2D eigenvalue weighted by molar-refractivity contribution is 0.0515. The van der Waals surface area contributed by atoms with Crippen LogP contribution in [0.25, 0.3) is 0 Å². The smallest absolute Gasteiger partial charge is 0.126 e. The fourth-order valence-electron chi connectivity index (χ4n) is 5.22. The first-order valence-corrected chi connectivity index (χ1v) is 13.4. The van der Waals surface area contributed by atoms with Gasteiger partial charge in [0, 0.05) is 0 Å². The summed E-state index contributed by atoms with van der Waals surface area (Å²) in [5.41, 5.74) is 4.22. The molecule has 3 atom stereocenters. The molecule has 0 fully saturated rings. The van der Waals surface area contributed by atoms with Gasteiger partial charge in [-0.3, -0.25) is 0 Å². The lowest BCUT2D eigenvalue weighted by atomic mass is 9.84. The van der Waals surface area contributed by atoms with Crippen molar-refractivity contribution in [3.8, 4) is 5.75 Å². The van der Waals surface area contributed by atoms with Crippen LogP contribution in [0, 0.1) is 24.7 Å². The van der Waals surface area contributed by atoms with Crippen LogP contribution < -0.4 is 4.74 Å². The summed E-state index contributed by atoms with van der Waals surface area (Å²) in [6.45, 7) is 18.7. The molecule has 0 amide bonds. The van der Waals surface area contributed by atoms with Crippen molar-refractivity contribution in [3.05, 3.63) is 28.8 Å². The average molecular weight is 429 g/mol. The molecular weight excluding hydrogens is 376 g/mol. The third-order valence-electron chi connectivity index (χ3n) is 7.59. The van der Waals surface area contributed by atoms with Crippen LogP contribution in [0.5, 0.6) is 5.75 Å². The summed E-state index contributed by atoms with van der Waals surface area (Å²) in [5, 5.41) is 0. The summed E-state index contributed by atoms with van der Waals surface area (Å²) in [7, 11) is 0. The van der Waals surface area contributed by atoms with Crippen molar-refractivity contribution in [1.82, 2.24) is 0 Å². The number of rotatable bonds is 13. The lowest BCUT2D eigenvalue weighted by Crippen LogP contribution is -2.36. The van der Waals surface area contributed by atoms with Crippen LogP contribution in [-0.2, 0) is 6.42 Å². The zero-order chi connectivity index (χ0) is 23.0. The van der Waals surface area contributed by atoms with Crippen LogP contribution in [0.2, 0.25) is 0 Å². The highest BCUT2D eigenvalue weighted by Crippen LogP contribution is 2.40. The lowest BCUT2D eigenvalue weighted by Gasteiger charge is -2.37. The molecule has 0 aromatic heterocycles. The number of ether oxygens (including phenoxy) is 1. The van der Waals surface area contributed by atoms with Crippen molar-refractivity contribution < 1.29 is 4.74 Å². The van der Waals surface area contributed by atoms with E-state index in [4.69, 9.17) is 4.74 Å². The molecule has 1 aromatic rings. The van der Waals surface area contributed by atoms with Crippen LogP contribution in [0.3, 0.4) is 0 Å². The second kappa shape index (κ2) is 12.3. The Balaban J connectivity index is 1.70. The Hall–Kier alpha value is -0.980. The van der Waals surface area contributed by atoms with Crippen molar-refractivity contribution in [1.29, 1.82) is 0 Å². The number of aryl methyl sites for hydroxylation is 2. The molecule has 1 unspecified atom stereocenters. The van der Waals surface area contributed by atoms with Crippen LogP contribution in [0.4, 0.5) is 0 Å². The van der Waals surface area contributed by atoms with Crippen molar-refractivity contribution in [2.45, 2.75) is 138 Å². The molecule has 1 heterocycles. The summed E-state index contributed by atoms with van der Waals surface area (Å²) < 4.78 is 6.63. The molecule has 31 heavy (non-hydrogen) atoms. The molecule has 0 aliphatic carbocycles. The predicted octanol–water partition coefficient (Wildman–Crippen LogP) is 9.64. The molecule has 0 N–H and O–H groups in total. The largest absolute Gasteiger partial charge is 0.487 e. The van der Waals surface area contributed by atoms with E-state index in [2.05, 4.69) is 67.5 Å². The van der Waals surface area contributed by atoms with Gasteiger partial charge in [0.25, 0.3) is 0 Å². The number of fused-ring (bicyclic) bond motifs is 1. The Bertz CT molecular complexity index is 659. The second-order valence-electron chi connectivity index (χ2n) is 11.9. The van der Waals surface area contributed by atoms with E-state index < -0.39 is 0 Å². The van der Waals surface area contributed by atoms with Crippen LogP contribution in [0.1, 0.15) is 135 Å². The SMILES string of the molecule is Cc1cc(C(C)C)cc2c1OC(C)(CCC[C@H](C)CCC[C@H](C)CCCC(C)C)CC2. The highest BCUT2D eigenvalue weighted by molar-refractivity contribution is 5.46. The molecule has 0 bridgehead atoms. The summed E-state index contributed by atoms with van der Waals surface area (Å²) in [5.74, 6) is 4.37. The minimum atomic E-state index is 0.0156. The molecule has 1 aliphatic heterocycles. The maximum absolute atomic E-state index is 6.63. The van der Waals surface area contributed by atoms with Gasteiger partial charge in [-0.15, -0.1) is 0 Å². The number of hydrogen-bond donors (Lipinski definition) is 0. The Morgan fingerprint density at radius 1 is 0.839 bits per heavy atom. The Kier molecular flexibility index (Phi) is 10.4. The van der Waals surface area contributed by atoms with Crippen molar-refractivity contribution >= 4 is 0 Å². The molecule has 0 saturated heterocycles. The maximum atomic E-state index is 6.63. The molecule has 1 heteroatoms. The van der Waals surface area contributed by atoms with Gasteiger partial charge in [0.2, 0.25) is 0 Å². The van der Waals surface area contributed by atoms with Gasteiger partial charge in [-0.05, 0) is 79.9 Å². The molecule has 0 spiro atoms. The number of hydrogen-bond acceptors (Lipinski definition) is 1. The van der Waals surface area contributed by atoms with Gasteiger partial charge >= 0.3 is 0 Å². The van der Waals surface area contributed by atoms with Gasteiger partial charge in [0.15, 0.2) is 0 Å². The third kappa shape index (κ3) is 8.82. The second-order valence-corrected chi connectivity index (χ2v) is 11.9. The van der Waals surface area contributed by atoms with E-state index in [9.17, 15) is 0 Å². The highest BCUT2D eigenvalue weighted by atomic mass is 16.5. The molecule has 1 nitrogen and oxygen atoms in total. The summed E-state index contributed by atoms with van der Waals surface area (Å²) >= 11 is 0. The Morgan fingerprint density at radius 3 is 2.00 bits per heavy atom. The standard InChI is InChI=1S/C30H52O/c1-22(2)12-9-13-24(5)14-10-15-25(6)16-11-18-30(8)19-17-27-21-28(23(3)4)20-26(7)29(27)31-30/h20-25H,9-19H2,1-8H3/t24-,25-,30?/m1/s1. The quantitative estimate of drug-likeness (QED) is 0.304. The first kappa shape index (κ1) is 26.3. The van der Waals surface area contributed by atoms with Crippen LogP contribution in [-0.4, -0.2) is 5.60 Å². The third-order valence-corrected chi connectivity index (χ3v) is 7.59. The van der Waals surface area contributed by atoms with Gasteiger partial charge in [-0.1, -0.05) is 98.6 Å². The van der Waals surface area contributed by atoms with E-state index in [1.54, 1.807) is 0 Å². The fourth-order valence-corrected chi connectivity index (χ4v) is 5.22. The normalized spacial score (nSPS) is 20.6. The van der Waals surface area contributed by atoms with Crippen molar-refractivity contribution in [2.75, 3.05) is 0 Å². The monoisotopic (exact) mass is 428 g/mol. The van der Waals surface area contributed by atoms with Crippen LogP contribution in [0.15, 0.2) is 12.1 Å². The zero-order valence-electron chi connectivity index (χ0n) is 22.2. The van der Waals surface area contributed by atoms with Gasteiger partial charge in [-0.2, -0.15) is 0 Å². The van der Waals surface area contributed by atoms with Gasteiger partial charge in [-0.25, -0.2) is 0 Å². The first-order valence-electron chi connectivity index (χ1n) is 13.4. The molecule has 1 aromatic carbocycles. The Labute approximate surface area is 194 Å². The first-order chi connectivity index (χ1) is 14.6. The molecule has 0 saturated carbocycles. The zero-order valence-corrected chi connectivity index (χ0v) is 22.2. The van der Waals surface area contributed by atoms with E-state index in [0.717, 1.165) is 30.6 Å². The average Bonchev–Trinajstić information content (AvgIpc) is 2.68. The van der Waals surface area contributed by atoms with E-state index in [0.29, 0.717) is 5.92 Å². The highest BCUT2D eigenvalue weighted by Gasteiger charge is 2.32.